The lowest BCUT2D eigenvalue weighted by molar-refractivity contribution is -0.133. The molecule has 7 nitrogen and oxygen atoms in total. The highest BCUT2D eigenvalue weighted by molar-refractivity contribution is 6.00. The molecule has 1 aliphatic rings. The van der Waals surface area contributed by atoms with Gasteiger partial charge in [-0.1, -0.05) is 29.8 Å². The lowest BCUT2D eigenvalue weighted by Gasteiger charge is -2.31. The first-order valence-corrected chi connectivity index (χ1v) is 9.55. The summed E-state index contributed by atoms with van der Waals surface area (Å²) in [6.07, 6.45) is 0.789. The van der Waals surface area contributed by atoms with Crippen LogP contribution in [0, 0.1) is 12.7 Å². The molecule has 30 heavy (non-hydrogen) atoms. The van der Waals surface area contributed by atoms with Crippen LogP contribution in [0.15, 0.2) is 54.7 Å². The number of carbonyl (C=O) groups excluding carboxylic acids is 2. The molecule has 0 aliphatic carbocycles. The van der Waals surface area contributed by atoms with Crippen molar-refractivity contribution in [3.8, 4) is 16.9 Å². The van der Waals surface area contributed by atoms with E-state index in [0.717, 1.165) is 11.1 Å². The van der Waals surface area contributed by atoms with Crippen molar-refractivity contribution in [2.24, 2.45) is 5.73 Å². The average molecular weight is 408 g/mol. The predicted molar refractivity (Wildman–Crippen MR) is 109 cm³/mol. The Morgan fingerprint density at radius 3 is 2.50 bits per heavy atom. The molecule has 0 bridgehead atoms. The van der Waals surface area contributed by atoms with Crippen LogP contribution in [0.25, 0.3) is 16.9 Å². The summed E-state index contributed by atoms with van der Waals surface area (Å²) >= 11 is 0. The second-order valence-corrected chi connectivity index (χ2v) is 7.19. The van der Waals surface area contributed by atoms with Crippen molar-refractivity contribution < 1.29 is 18.7 Å². The number of benzene rings is 2. The summed E-state index contributed by atoms with van der Waals surface area (Å²) in [5.41, 5.74) is 8.73. The van der Waals surface area contributed by atoms with E-state index >= 15 is 0 Å². The van der Waals surface area contributed by atoms with Crippen LogP contribution in [0.2, 0.25) is 0 Å². The van der Waals surface area contributed by atoms with E-state index in [2.05, 4.69) is 5.10 Å². The van der Waals surface area contributed by atoms with Crippen molar-refractivity contribution in [3.63, 3.8) is 0 Å². The third-order valence-corrected chi connectivity index (χ3v) is 5.03. The number of nitrogens with zero attached hydrogens (tertiary/aromatic N) is 3. The van der Waals surface area contributed by atoms with E-state index in [0.29, 0.717) is 23.5 Å². The van der Waals surface area contributed by atoms with Gasteiger partial charge < -0.3 is 15.4 Å². The molecule has 0 spiro atoms. The molecule has 0 saturated carbocycles. The molecular formula is C22H21FN4O3. The Kier molecular flexibility index (Phi) is 5.33. The molecule has 1 unspecified atom stereocenters. The largest absolute Gasteiger partial charge is 0.367 e. The normalized spacial score (nSPS) is 16.5. The van der Waals surface area contributed by atoms with E-state index in [1.165, 1.54) is 12.1 Å². The van der Waals surface area contributed by atoms with Gasteiger partial charge in [0, 0.05) is 18.3 Å². The molecule has 4 rings (SSSR count). The summed E-state index contributed by atoms with van der Waals surface area (Å²) in [5, 5.41) is 4.60. The minimum Gasteiger partial charge on any atom is -0.367 e. The number of nitrogens with two attached hydrogens (primary N) is 1. The molecule has 1 saturated heterocycles. The number of ether oxygens (including phenoxy) is 1. The lowest BCUT2D eigenvalue weighted by Crippen LogP contribution is -2.50. The van der Waals surface area contributed by atoms with E-state index in [9.17, 15) is 14.0 Å². The maximum atomic E-state index is 13.3. The van der Waals surface area contributed by atoms with Crippen molar-refractivity contribution in [3.05, 3.63) is 71.7 Å². The van der Waals surface area contributed by atoms with Crippen LogP contribution in [-0.4, -0.2) is 52.3 Å². The van der Waals surface area contributed by atoms with Crippen molar-refractivity contribution >= 4 is 11.8 Å². The molecule has 2 N–H and O–H groups in total. The molecule has 0 radical (unpaired) electrons. The van der Waals surface area contributed by atoms with Gasteiger partial charge in [-0.15, -0.1) is 0 Å². The summed E-state index contributed by atoms with van der Waals surface area (Å²) in [7, 11) is 0. The van der Waals surface area contributed by atoms with Crippen LogP contribution >= 0.6 is 0 Å². The second kappa shape index (κ2) is 8.08. The Labute approximate surface area is 172 Å². The zero-order chi connectivity index (χ0) is 21.3. The molecule has 1 aliphatic heterocycles. The van der Waals surface area contributed by atoms with Crippen molar-refractivity contribution in [1.82, 2.24) is 14.7 Å². The molecule has 2 amide bonds. The third-order valence-electron chi connectivity index (χ3n) is 5.03. The molecule has 154 valence electrons. The zero-order valence-electron chi connectivity index (χ0n) is 16.4. The SMILES string of the molecule is Cc1ccc(-c2nn(-c3ccc(F)cc3)cc2C(=O)N2CCOC(C(N)=O)C2)cc1. The van der Waals surface area contributed by atoms with Gasteiger partial charge in [-0.25, -0.2) is 9.07 Å². The number of rotatable bonds is 4. The maximum absolute atomic E-state index is 13.3. The summed E-state index contributed by atoms with van der Waals surface area (Å²) in [4.78, 5) is 26.4. The Balaban J connectivity index is 1.74. The average Bonchev–Trinajstić information content (AvgIpc) is 3.19. The summed E-state index contributed by atoms with van der Waals surface area (Å²) in [5.74, 6) is -1.23. The van der Waals surface area contributed by atoms with Gasteiger partial charge >= 0.3 is 0 Å². The van der Waals surface area contributed by atoms with Gasteiger partial charge in [0.1, 0.15) is 11.5 Å². The molecule has 2 aromatic carbocycles. The number of amides is 2. The van der Waals surface area contributed by atoms with Gasteiger partial charge in [-0.3, -0.25) is 9.59 Å². The van der Waals surface area contributed by atoms with Gasteiger partial charge in [0.05, 0.1) is 24.4 Å². The number of hydrogen-bond acceptors (Lipinski definition) is 4. The van der Waals surface area contributed by atoms with E-state index < -0.39 is 12.0 Å². The van der Waals surface area contributed by atoms with Crippen LogP contribution in [0.3, 0.4) is 0 Å². The second-order valence-electron chi connectivity index (χ2n) is 7.19. The van der Waals surface area contributed by atoms with Gasteiger partial charge in [-0.2, -0.15) is 5.10 Å². The van der Waals surface area contributed by atoms with Crippen LogP contribution in [0.4, 0.5) is 4.39 Å². The van der Waals surface area contributed by atoms with E-state index in [1.807, 2.05) is 31.2 Å². The van der Waals surface area contributed by atoms with Crippen LogP contribution < -0.4 is 5.73 Å². The van der Waals surface area contributed by atoms with E-state index in [-0.39, 0.29) is 24.9 Å². The van der Waals surface area contributed by atoms with Crippen molar-refractivity contribution in [2.45, 2.75) is 13.0 Å². The van der Waals surface area contributed by atoms with Gasteiger partial charge in [0.25, 0.3) is 5.91 Å². The lowest BCUT2D eigenvalue weighted by atomic mass is 10.1. The molecule has 1 fully saturated rings. The van der Waals surface area contributed by atoms with Crippen molar-refractivity contribution in [1.29, 1.82) is 0 Å². The Hall–Kier alpha value is -3.52. The standard InChI is InChI=1S/C22H21FN4O3/c1-14-2-4-15(5-3-14)20-18(12-27(25-20)17-8-6-16(23)7-9-17)22(29)26-10-11-30-19(13-26)21(24)28/h2-9,12,19H,10-11,13H2,1H3,(H2,24,28). The number of carbonyl (C=O) groups is 2. The van der Waals surface area contributed by atoms with E-state index in [4.69, 9.17) is 10.5 Å². The zero-order valence-corrected chi connectivity index (χ0v) is 16.4. The first kappa shape index (κ1) is 19.8. The Morgan fingerprint density at radius 2 is 1.83 bits per heavy atom. The van der Waals surface area contributed by atoms with Gasteiger partial charge in [-0.05, 0) is 31.2 Å². The molecule has 3 aromatic rings. The number of aryl methyl sites for hydroxylation is 1. The summed E-state index contributed by atoms with van der Waals surface area (Å²) in [6, 6.07) is 13.5. The number of primary amides is 1. The quantitative estimate of drug-likeness (QED) is 0.717. The smallest absolute Gasteiger partial charge is 0.257 e. The Bertz CT molecular complexity index is 1080. The first-order valence-electron chi connectivity index (χ1n) is 9.55. The number of morpholine rings is 1. The number of aromatic nitrogens is 2. The monoisotopic (exact) mass is 408 g/mol. The van der Waals surface area contributed by atoms with Crippen LogP contribution in [0.1, 0.15) is 15.9 Å². The van der Waals surface area contributed by atoms with E-state index in [1.54, 1.807) is 27.9 Å². The molecule has 8 heteroatoms. The topological polar surface area (TPSA) is 90.4 Å². The fourth-order valence-corrected chi connectivity index (χ4v) is 3.36. The minimum atomic E-state index is -0.835. The van der Waals surface area contributed by atoms with Crippen molar-refractivity contribution in [2.75, 3.05) is 19.7 Å². The van der Waals surface area contributed by atoms with Crippen LogP contribution in [0.5, 0.6) is 0 Å². The van der Waals surface area contributed by atoms with Gasteiger partial charge in [0.15, 0.2) is 6.10 Å². The summed E-state index contributed by atoms with van der Waals surface area (Å²) < 4.78 is 20.2. The fraction of sp³-hybridized carbons (Fsp3) is 0.227. The maximum Gasteiger partial charge on any atom is 0.257 e. The molecular weight excluding hydrogens is 387 g/mol. The molecule has 2 heterocycles. The Morgan fingerprint density at radius 1 is 1.13 bits per heavy atom. The highest BCUT2D eigenvalue weighted by atomic mass is 19.1. The highest BCUT2D eigenvalue weighted by Crippen LogP contribution is 2.26. The number of hydrogen-bond donors (Lipinski definition) is 1. The number of halogens is 1. The highest BCUT2D eigenvalue weighted by Gasteiger charge is 2.30. The minimum absolute atomic E-state index is 0.0865. The first-order chi connectivity index (χ1) is 14.4. The fourth-order valence-electron chi connectivity index (χ4n) is 3.36. The van der Waals surface area contributed by atoms with Gasteiger partial charge in [0.2, 0.25) is 5.91 Å². The van der Waals surface area contributed by atoms with Crippen LogP contribution in [-0.2, 0) is 9.53 Å². The molecule has 1 aromatic heterocycles. The third kappa shape index (κ3) is 3.95. The molecule has 1 atom stereocenters. The predicted octanol–water partition coefficient (Wildman–Crippen LogP) is 2.31. The summed E-state index contributed by atoms with van der Waals surface area (Å²) in [6.45, 7) is 2.64.